The summed E-state index contributed by atoms with van der Waals surface area (Å²) in [5.74, 6) is 0.877. The number of carbonyl (C=O) groups excluding carboxylic acids is 1. The molecule has 1 aromatic carbocycles. The number of nitrogens with one attached hydrogen (secondary N) is 1. The lowest BCUT2D eigenvalue weighted by Crippen LogP contribution is -2.50. The van der Waals surface area contributed by atoms with Crippen molar-refractivity contribution in [2.75, 3.05) is 19.6 Å². The van der Waals surface area contributed by atoms with Crippen molar-refractivity contribution < 1.29 is 4.79 Å². The van der Waals surface area contributed by atoms with E-state index in [1.54, 1.807) is 0 Å². The number of para-hydroxylation sites is 1. The normalized spacial score (nSPS) is 22.7. The van der Waals surface area contributed by atoms with Gasteiger partial charge in [-0.2, -0.15) is 0 Å². The summed E-state index contributed by atoms with van der Waals surface area (Å²) in [7, 11) is 0. The summed E-state index contributed by atoms with van der Waals surface area (Å²) in [5.41, 5.74) is 2.67. The predicted octanol–water partition coefficient (Wildman–Crippen LogP) is 4.93. The van der Waals surface area contributed by atoms with Crippen LogP contribution in [-0.2, 0) is 11.2 Å². The number of amides is 1. The van der Waals surface area contributed by atoms with Crippen molar-refractivity contribution in [3.8, 4) is 0 Å². The Morgan fingerprint density at radius 3 is 2.83 bits per heavy atom. The molecule has 2 aliphatic rings. The van der Waals surface area contributed by atoms with Crippen molar-refractivity contribution in [2.45, 2.75) is 77.3 Å². The molecule has 0 radical (unpaired) electrons. The zero-order valence-electron chi connectivity index (χ0n) is 18.2. The van der Waals surface area contributed by atoms with Gasteiger partial charge in [-0.1, -0.05) is 24.6 Å². The van der Waals surface area contributed by atoms with E-state index in [9.17, 15) is 4.79 Å². The second-order valence-electron chi connectivity index (χ2n) is 9.33. The molecular weight excluding hydrogens is 358 g/mol. The Kier molecular flexibility index (Phi) is 6.59. The highest BCUT2D eigenvalue weighted by atomic mass is 16.1. The summed E-state index contributed by atoms with van der Waals surface area (Å²) in [6.07, 6.45) is 11.4. The quantitative estimate of drug-likeness (QED) is 0.722. The largest absolute Gasteiger partial charge is 0.356 e. The van der Waals surface area contributed by atoms with E-state index in [0.717, 1.165) is 19.4 Å². The SMILES string of the molecule is CC(C)n1cc(CCCC(=O)NC[C@@H]2CCCN3CCCC[C@@H]23)c2ccccc21. The van der Waals surface area contributed by atoms with Gasteiger partial charge in [-0.25, -0.2) is 0 Å². The molecule has 2 saturated heterocycles. The minimum atomic E-state index is 0.227. The second-order valence-corrected chi connectivity index (χ2v) is 9.33. The highest BCUT2D eigenvalue weighted by molar-refractivity contribution is 5.84. The molecule has 29 heavy (non-hydrogen) atoms. The van der Waals surface area contributed by atoms with Crippen LogP contribution in [0.5, 0.6) is 0 Å². The van der Waals surface area contributed by atoms with Crippen LogP contribution in [0.15, 0.2) is 30.5 Å². The molecule has 1 N–H and O–H groups in total. The van der Waals surface area contributed by atoms with Gasteiger partial charge in [0.25, 0.3) is 0 Å². The van der Waals surface area contributed by atoms with Crippen molar-refractivity contribution in [1.82, 2.24) is 14.8 Å². The maximum absolute atomic E-state index is 12.5. The van der Waals surface area contributed by atoms with Gasteiger partial charge in [-0.15, -0.1) is 0 Å². The third-order valence-electron chi connectivity index (χ3n) is 7.02. The molecule has 158 valence electrons. The lowest BCUT2D eigenvalue weighted by atomic mass is 9.83. The number of hydrogen-bond donors (Lipinski definition) is 1. The maximum atomic E-state index is 12.5. The summed E-state index contributed by atoms with van der Waals surface area (Å²) >= 11 is 0. The van der Waals surface area contributed by atoms with E-state index >= 15 is 0 Å². The summed E-state index contributed by atoms with van der Waals surface area (Å²) in [4.78, 5) is 15.2. The average Bonchev–Trinajstić information content (AvgIpc) is 3.11. The first-order valence-electron chi connectivity index (χ1n) is 11.7. The van der Waals surface area contributed by atoms with Crippen molar-refractivity contribution >= 4 is 16.8 Å². The highest BCUT2D eigenvalue weighted by Gasteiger charge is 2.32. The molecule has 1 amide bonds. The summed E-state index contributed by atoms with van der Waals surface area (Å²) in [6.45, 7) is 7.84. The van der Waals surface area contributed by atoms with Crippen LogP contribution >= 0.6 is 0 Å². The van der Waals surface area contributed by atoms with E-state index in [-0.39, 0.29) is 5.91 Å². The van der Waals surface area contributed by atoms with E-state index in [1.807, 2.05) is 0 Å². The number of aromatic nitrogens is 1. The minimum Gasteiger partial charge on any atom is -0.356 e. The van der Waals surface area contributed by atoms with Crippen LogP contribution in [0.1, 0.15) is 70.4 Å². The van der Waals surface area contributed by atoms with Crippen LogP contribution in [-0.4, -0.2) is 41.1 Å². The van der Waals surface area contributed by atoms with Crippen molar-refractivity contribution in [1.29, 1.82) is 0 Å². The Morgan fingerprint density at radius 2 is 1.97 bits per heavy atom. The Morgan fingerprint density at radius 1 is 1.14 bits per heavy atom. The molecular formula is C25H37N3O. The smallest absolute Gasteiger partial charge is 0.220 e. The van der Waals surface area contributed by atoms with Gasteiger partial charge in [-0.3, -0.25) is 4.79 Å². The third-order valence-corrected chi connectivity index (χ3v) is 7.02. The molecule has 0 bridgehead atoms. The van der Waals surface area contributed by atoms with Crippen LogP contribution in [0.4, 0.5) is 0 Å². The van der Waals surface area contributed by atoms with Gasteiger partial charge in [0.2, 0.25) is 5.91 Å². The molecule has 2 atom stereocenters. The lowest BCUT2D eigenvalue weighted by molar-refractivity contribution is -0.121. The van der Waals surface area contributed by atoms with Gasteiger partial charge in [0.1, 0.15) is 0 Å². The van der Waals surface area contributed by atoms with E-state index in [0.29, 0.717) is 24.4 Å². The van der Waals surface area contributed by atoms with E-state index in [1.165, 1.54) is 61.7 Å². The molecule has 4 nitrogen and oxygen atoms in total. The molecule has 0 spiro atoms. The monoisotopic (exact) mass is 395 g/mol. The average molecular weight is 396 g/mol. The Bertz CT molecular complexity index is 823. The first-order valence-corrected chi connectivity index (χ1v) is 11.7. The number of nitrogens with zero attached hydrogens (tertiary/aromatic N) is 2. The molecule has 2 aliphatic heterocycles. The highest BCUT2D eigenvalue weighted by Crippen LogP contribution is 2.30. The Hall–Kier alpha value is -1.81. The summed E-state index contributed by atoms with van der Waals surface area (Å²) < 4.78 is 2.35. The molecule has 0 saturated carbocycles. The van der Waals surface area contributed by atoms with Gasteiger partial charge in [0.15, 0.2) is 0 Å². The molecule has 2 aromatic rings. The van der Waals surface area contributed by atoms with Gasteiger partial charge in [0, 0.05) is 42.1 Å². The maximum Gasteiger partial charge on any atom is 0.220 e. The van der Waals surface area contributed by atoms with Gasteiger partial charge in [0.05, 0.1) is 0 Å². The van der Waals surface area contributed by atoms with Crippen LogP contribution in [0.25, 0.3) is 10.9 Å². The van der Waals surface area contributed by atoms with Gasteiger partial charge < -0.3 is 14.8 Å². The van der Waals surface area contributed by atoms with Crippen molar-refractivity contribution in [2.24, 2.45) is 5.92 Å². The molecule has 4 rings (SSSR count). The topological polar surface area (TPSA) is 37.3 Å². The van der Waals surface area contributed by atoms with Crippen LogP contribution < -0.4 is 5.32 Å². The minimum absolute atomic E-state index is 0.227. The van der Waals surface area contributed by atoms with Gasteiger partial charge in [-0.05, 0) is 83.0 Å². The molecule has 0 aliphatic carbocycles. The predicted molar refractivity (Wildman–Crippen MR) is 120 cm³/mol. The van der Waals surface area contributed by atoms with E-state index < -0.39 is 0 Å². The lowest BCUT2D eigenvalue weighted by Gasteiger charge is -2.44. The Labute approximate surface area is 175 Å². The number of benzene rings is 1. The van der Waals surface area contributed by atoms with E-state index in [2.05, 4.69) is 59.1 Å². The van der Waals surface area contributed by atoms with Crippen LogP contribution in [0.3, 0.4) is 0 Å². The number of carbonyl (C=O) groups is 1. The number of piperidine rings is 2. The third kappa shape index (κ3) is 4.69. The molecule has 3 heterocycles. The molecule has 4 heteroatoms. The molecule has 1 aromatic heterocycles. The zero-order valence-corrected chi connectivity index (χ0v) is 18.2. The van der Waals surface area contributed by atoms with Crippen LogP contribution in [0, 0.1) is 5.92 Å². The molecule has 2 fully saturated rings. The van der Waals surface area contributed by atoms with Crippen molar-refractivity contribution in [3.05, 3.63) is 36.0 Å². The number of aryl methyl sites for hydroxylation is 1. The summed E-state index contributed by atoms with van der Waals surface area (Å²) in [5, 5.41) is 4.60. The Balaban J connectivity index is 1.27. The first-order chi connectivity index (χ1) is 14.1. The van der Waals surface area contributed by atoms with Crippen LogP contribution in [0.2, 0.25) is 0 Å². The van der Waals surface area contributed by atoms with Gasteiger partial charge >= 0.3 is 0 Å². The first kappa shape index (κ1) is 20.5. The fraction of sp³-hybridized carbons (Fsp3) is 0.640. The number of fused-ring (bicyclic) bond motifs is 2. The number of hydrogen-bond acceptors (Lipinski definition) is 2. The van der Waals surface area contributed by atoms with E-state index in [4.69, 9.17) is 0 Å². The second kappa shape index (κ2) is 9.34. The molecule has 0 unspecified atom stereocenters. The summed E-state index contributed by atoms with van der Waals surface area (Å²) in [6, 6.07) is 9.79. The van der Waals surface area contributed by atoms with Crippen molar-refractivity contribution in [3.63, 3.8) is 0 Å². The fourth-order valence-corrected chi connectivity index (χ4v) is 5.49. The standard InChI is InChI=1S/C25H37N3O/c1-19(2)28-18-21(22-11-3-4-13-24(22)28)9-7-14-25(29)26-17-20-10-8-16-27-15-6-5-12-23(20)27/h3-4,11,13,18-20,23H,5-10,12,14-17H2,1-2H3,(H,26,29)/t20-,23-/m0/s1. The zero-order chi connectivity index (χ0) is 20.2. The fourth-order valence-electron chi connectivity index (χ4n) is 5.49. The number of rotatable bonds is 7.